The van der Waals surface area contributed by atoms with E-state index in [1.807, 2.05) is 0 Å². The van der Waals surface area contributed by atoms with Gasteiger partial charge >= 0.3 is 0 Å². The molecule has 3 nitrogen and oxygen atoms in total. The van der Waals surface area contributed by atoms with Crippen LogP contribution in [0.2, 0.25) is 0 Å². The molecule has 2 atom stereocenters. The van der Waals surface area contributed by atoms with Crippen LogP contribution >= 0.6 is 0 Å². The Morgan fingerprint density at radius 2 is 1.95 bits per heavy atom. The molecular weight excluding hydrogens is 258 g/mol. The van der Waals surface area contributed by atoms with Gasteiger partial charge in [0.1, 0.15) is 0 Å². The molecule has 1 heterocycles. The average molecular weight is 289 g/mol. The highest BCUT2D eigenvalue weighted by atomic mass is 15.3. The van der Waals surface area contributed by atoms with E-state index < -0.39 is 0 Å². The molecule has 2 saturated carbocycles. The number of nitrogens with zero attached hydrogens (tertiary/aromatic N) is 2. The van der Waals surface area contributed by atoms with Crippen LogP contribution in [0.5, 0.6) is 0 Å². The third-order valence-electron chi connectivity index (χ3n) is 5.86. The predicted molar refractivity (Wildman–Crippen MR) is 86.9 cm³/mol. The van der Waals surface area contributed by atoms with Crippen molar-refractivity contribution >= 4 is 0 Å². The van der Waals surface area contributed by atoms with Gasteiger partial charge in [-0.2, -0.15) is 5.10 Å². The molecular formula is C18H31N3. The van der Waals surface area contributed by atoms with Crippen molar-refractivity contribution in [3.63, 3.8) is 0 Å². The minimum atomic E-state index is -0.119. The van der Waals surface area contributed by atoms with E-state index in [0.717, 1.165) is 25.3 Å². The van der Waals surface area contributed by atoms with Crippen molar-refractivity contribution in [3.8, 4) is 0 Å². The fourth-order valence-corrected chi connectivity index (χ4v) is 4.73. The van der Waals surface area contributed by atoms with Gasteiger partial charge in [-0.1, -0.05) is 51.9 Å². The number of aryl methyl sites for hydroxylation is 1. The van der Waals surface area contributed by atoms with E-state index in [9.17, 15) is 0 Å². The van der Waals surface area contributed by atoms with Gasteiger partial charge in [0.25, 0.3) is 0 Å². The summed E-state index contributed by atoms with van der Waals surface area (Å²) in [5.74, 6) is 1.52. The summed E-state index contributed by atoms with van der Waals surface area (Å²) in [5, 5.41) is 4.54. The van der Waals surface area contributed by atoms with E-state index in [0.29, 0.717) is 5.92 Å². The van der Waals surface area contributed by atoms with Gasteiger partial charge in [-0.05, 0) is 31.1 Å². The fraction of sp³-hybridized carbons (Fsp3) is 0.833. The maximum Gasteiger partial charge on any atom is 0.0540 e. The molecule has 0 aliphatic heterocycles. The Balaban J connectivity index is 1.82. The molecule has 3 rings (SSSR count). The first-order valence-electron chi connectivity index (χ1n) is 9.06. The van der Waals surface area contributed by atoms with Crippen LogP contribution < -0.4 is 5.73 Å². The van der Waals surface area contributed by atoms with E-state index in [-0.39, 0.29) is 5.54 Å². The number of aromatic nitrogens is 2. The van der Waals surface area contributed by atoms with E-state index in [1.54, 1.807) is 0 Å². The summed E-state index contributed by atoms with van der Waals surface area (Å²) in [6, 6.07) is 0. The first kappa shape index (κ1) is 15.1. The molecule has 2 N–H and O–H groups in total. The Morgan fingerprint density at radius 3 is 2.71 bits per heavy atom. The molecule has 0 spiro atoms. The Bertz CT molecular complexity index is 447. The summed E-state index contributed by atoms with van der Waals surface area (Å²) in [7, 11) is 0. The highest BCUT2D eigenvalue weighted by Gasteiger charge is 2.43. The molecule has 21 heavy (non-hydrogen) atoms. The average Bonchev–Trinajstić information content (AvgIpc) is 2.98. The lowest BCUT2D eigenvalue weighted by molar-refractivity contribution is 0.0985. The first-order valence-corrected chi connectivity index (χ1v) is 9.06. The third kappa shape index (κ3) is 3.03. The van der Waals surface area contributed by atoms with Crippen molar-refractivity contribution in [1.29, 1.82) is 0 Å². The minimum absolute atomic E-state index is 0.119. The van der Waals surface area contributed by atoms with Gasteiger partial charge in [-0.25, -0.2) is 0 Å². The Morgan fingerprint density at radius 1 is 1.19 bits per heavy atom. The Kier molecular flexibility index (Phi) is 4.68. The molecule has 2 unspecified atom stereocenters. The molecule has 2 aliphatic carbocycles. The summed E-state index contributed by atoms with van der Waals surface area (Å²) < 4.78 is 2.08. The van der Waals surface area contributed by atoms with Crippen LogP contribution in [0.4, 0.5) is 0 Å². The van der Waals surface area contributed by atoms with Gasteiger partial charge in [-0.3, -0.25) is 4.68 Å². The largest absolute Gasteiger partial charge is 0.321 e. The minimum Gasteiger partial charge on any atom is -0.321 e. The van der Waals surface area contributed by atoms with Gasteiger partial charge in [0, 0.05) is 23.8 Å². The monoisotopic (exact) mass is 289 g/mol. The molecule has 2 fully saturated rings. The van der Waals surface area contributed by atoms with Crippen molar-refractivity contribution in [2.75, 3.05) is 0 Å². The number of nitrogens with two attached hydrogens (primary N) is 1. The number of hydrogen-bond donors (Lipinski definition) is 1. The first-order chi connectivity index (χ1) is 10.2. The topological polar surface area (TPSA) is 43.8 Å². The predicted octanol–water partition coefficient (Wildman–Crippen LogP) is 4.22. The third-order valence-corrected chi connectivity index (χ3v) is 5.86. The van der Waals surface area contributed by atoms with Gasteiger partial charge in [0.2, 0.25) is 0 Å². The second-order valence-corrected chi connectivity index (χ2v) is 7.28. The Hall–Kier alpha value is -0.830. The van der Waals surface area contributed by atoms with Gasteiger partial charge < -0.3 is 5.73 Å². The molecule has 2 aliphatic rings. The second kappa shape index (κ2) is 6.51. The Labute approximate surface area is 129 Å². The summed E-state index contributed by atoms with van der Waals surface area (Å²) >= 11 is 0. The maximum atomic E-state index is 7.01. The van der Waals surface area contributed by atoms with Crippen LogP contribution in [0.15, 0.2) is 12.4 Å². The highest BCUT2D eigenvalue weighted by molar-refractivity contribution is 5.21. The van der Waals surface area contributed by atoms with Crippen molar-refractivity contribution < 1.29 is 0 Å². The summed E-state index contributed by atoms with van der Waals surface area (Å²) in [6.07, 6.45) is 17.5. The summed E-state index contributed by atoms with van der Waals surface area (Å²) in [5.41, 5.74) is 8.19. The molecule has 3 heteroatoms. The van der Waals surface area contributed by atoms with Crippen molar-refractivity contribution in [3.05, 3.63) is 18.0 Å². The van der Waals surface area contributed by atoms with Gasteiger partial charge in [0.05, 0.1) is 6.20 Å². The standard InChI is InChI=1S/C18H31N3/c1-2-12-21-14-16(13-20-21)18(19)11-7-6-10-17(18)15-8-4-3-5-9-15/h13-15,17H,2-12,19H2,1H3. The van der Waals surface area contributed by atoms with Crippen LogP contribution in [0.25, 0.3) is 0 Å². The quantitative estimate of drug-likeness (QED) is 0.902. The van der Waals surface area contributed by atoms with Crippen LogP contribution in [0.1, 0.15) is 76.7 Å². The lowest BCUT2D eigenvalue weighted by Gasteiger charge is -2.46. The van der Waals surface area contributed by atoms with Gasteiger partial charge in [-0.15, -0.1) is 0 Å². The zero-order chi connectivity index (χ0) is 14.7. The normalized spacial score (nSPS) is 31.4. The SMILES string of the molecule is CCCn1cc(C2(N)CCCCC2C2CCCCC2)cn1. The maximum absolute atomic E-state index is 7.01. The molecule has 0 aromatic carbocycles. The molecule has 118 valence electrons. The molecule has 0 saturated heterocycles. The molecule has 0 bridgehead atoms. The van der Waals surface area contributed by atoms with E-state index >= 15 is 0 Å². The molecule has 1 aromatic rings. The van der Waals surface area contributed by atoms with Crippen LogP contribution in [-0.4, -0.2) is 9.78 Å². The van der Waals surface area contributed by atoms with E-state index in [4.69, 9.17) is 5.73 Å². The number of hydrogen-bond acceptors (Lipinski definition) is 2. The molecule has 1 aromatic heterocycles. The second-order valence-electron chi connectivity index (χ2n) is 7.28. The summed E-state index contributed by atoms with van der Waals surface area (Å²) in [6.45, 7) is 3.20. The molecule has 0 amide bonds. The van der Waals surface area contributed by atoms with Crippen molar-refractivity contribution in [2.45, 2.75) is 83.2 Å². The lowest BCUT2D eigenvalue weighted by Crippen LogP contribution is -2.49. The number of rotatable bonds is 4. The zero-order valence-electron chi connectivity index (χ0n) is 13.6. The van der Waals surface area contributed by atoms with Crippen molar-refractivity contribution in [1.82, 2.24) is 9.78 Å². The van der Waals surface area contributed by atoms with Crippen LogP contribution in [0.3, 0.4) is 0 Å². The summed E-state index contributed by atoms with van der Waals surface area (Å²) in [4.78, 5) is 0. The highest BCUT2D eigenvalue weighted by Crippen LogP contribution is 2.47. The lowest BCUT2D eigenvalue weighted by atomic mass is 9.62. The zero-order valence-corrected chi connectivity index (χ0v) is 13.6. The van der Waals surface area contributed by atoms with E-state index in [1.165, 1.54) is 56.9 Å². The van der Waals surface area contributed by atoms with Crippen LogP contribution in [0, 0.1) is 11.8 Å². The molecule has 0 radical (unpaired) electrons. The van der Waals surface area contributed by atoms with Crippen LogP contribution in [-0.2, 0) is 12.1 Å². The van der Waals surface area contributed by atoms with E-state index in [2.05, 4.69) is 29.1 Å². The van der Waals surface area contributed by atoms with Crippen molar-refractivity contribution in [2.24, 2.45) is 17.6 Å². The van der Waals surface area contributed by atoms with Gasteiger partial charge in [0.15, 0.2) is 0 Å². The fourth-order valence-electron chi connectivity index (χ4n) is 4.73. The smallest absolute Gasteiger partial charge is 0.0540 e.